The highest BCUT2D eigenvalue weighted by atomic mass is 35.5. The number of aryl methyl sites for hydroxylation is 1. The number of carbonyl (C=O) groups excluding carboxylic acids is 1. The third-order valence-corrected chi connectivity index (χ3v) is 5.73. The van der Waals surface area contributed by atoms with Gasteiger partial charge in [-0.25, -0.2) is 4.39 Å². The summed E-state index contributed by atoms with van der Waals surface area (Å²) in [6, 6.07) is 10.5. The maximum absolute atomic E-state index is 13.4. The molecule has 0 aromatic heterocycles. The number of piperidine rings is 1. The molecule has 4 rings (SSSR count). The molecule has 28 heavy (non-hydrogen) atoms. The fourth-order valence-corrected chi connectivity index (χ4v) is 4.17. The van der Waals surface area contributed by atoms with Crippen LogP contribution in [0.3, 0.4) is 0 Å². The Labute approximate surface area is 169 Å². The molecular formula is C23H23ClFNO2. The zero-order valence-corrected chi connectivity index (χ0v) is 16.5. The lowest BCUT2D eigenvalue weighted by molar-refractivity contribution is -0.132. The topological polar surface area (TPSA) is 29.5 Å². The fourth-order valence-electron chi connectivity index (χ4n) is 3.90. The van der Waals surface area contributed by atoms with Crippen molar-refractivity contribution in [3.63, 3.8) is 0 Å². The Morgan fingerprint density at radius 1 is 1.07 bits per heavy atom. The van der Waals surface area contributed by atoms with Crippen molar-refractivity contribution in [1.29, 1.82) is 0 Å². The lowest BCUT2D eigenvalue weighted by Crippen LogP contribution is -2.35. The number of rotatable bonds is 4. The maximum atomic E-state index is 13.4. The van der Waals surface area contributed by atoms with Gasteiger partial charge in [0.15, 0.2) is 0 Å². The molecule has 0 unspecified atom stereocenters. The van der Waals surface area contributed by atoms with E-state index in [-0.39, 0.29) is 11.7 Å². The first-order valence-corrected chi connectivity index (χ1v) is 10.2. The van der Waals surface area contributed by atoms with Crippen molar-refractivity contribution in [2.45, 2.75) is 32.1 Å². The molecule has 0 bridgehead atoms. The van der Waals surface area contributed by atoms with Crippen LogP contribution in [0.4, 0.5) is 4.39 Å². The van der Waals surface area contributed by atoms with Gasteiger partial charge in [-0.3, -0.25) is 4.79 Å². The number of halogens is 2. The van der Waals surface area contributed by atoms with E-state index in [0.717, 1.165) is 53.9 Å². The Kier molecular flexibility index (Phi) is 5.67. The summed E-state index contributed by atoms with van der Waals surface area (Å²) in [7, 11) is 0. The van der Waals surface area contributed by atoms with Crippen LogP contribution in [0.25, 0.3) is 5.57 Å². The van der Waals surface area contributed by atoms with Crippen molar-refractivity contribution in [2.24, 2.45) is 0 Å². The van der Waals surface area contributed by atoms with E-state index in [1.165, 1.54) is 18.6 Å². The van der Waals surface area contributed by atoms with Gasteiger partial charge >= 0.3 is 0 Å². The minimum absolute atomic E-state index is 0.233. The van der Waals surface area contributed by atoms with Crippen molar-refractivity contribution in [2.75, 3.05) is 19.7 Å². The van der Waals surface area contributed by atoms with Crippen molar-refractivity contribution < 1.29 is 13.9 Å². The van der Waals surface area contributed by atoms with Gasteiger partial charge < -0.3 is 9.64 Å². The Bertz CT molecular complexity index is 919. The second kappa shape index (κ2) is 8.36. The summed E-state index contributed by atoms with van der Waals surface area (Å²) < 4.78 is 19.2. The van der Waals surface area contributed by atoms with Gasteiger partial charge in [0, 0.05) is 30.6 Å². The van der Waals surface area contributed by atoms with E-state index in [0.29, 0.717) is 24.5 Å². The van der Waals surface area contributed by atoms with Gasteiger partial charge in [-0.1, -0.05) is 23.7 Å². The maximum Gasteiger partial charge on any atom is 0.222 e. The average Bonchev–Trinajstić information content (AvgIpc) is 2.72. The number of nitrogens with zero attached hydrogens (tertiary/aromatic N) is 1. The van der Waals surface area contributed by atoms with Crippen LogP contribution in [0.15, 0.2) is 42.5 Å². The summed E-state index contributed by atoms with van der Waals surface area (Å²) in [5.74, 6) is 0.660. The van der Waals surface area contributed by atoms with Crippen LogP contribution < -0.4 is 4.74 Å². The highest BCUT2D eigenvalue weighted by Gasteiger charge is 2.19. The lowest BCUT2D eigenvalue weighted by atomic mass is 9.93. The van der Waals surface area contributed by atoms with Crippen molar-refractivity contribution in [3.05, 3.63) is 70.0 Å². The second-order valence-electron chi connectivity index (χ2n) is 7.32. The molecule has 146 valence electrons. The molecule has 1 saturated heterocycles. The number of benzene rings is 2. The minimum atomic E-state index is -0.352. The first kappa shape index (κ1) is 19.0. The molecule has 1 fully saturated rings. The molecule has 0 saturated carbocycles. The zero-order chi connectivity index (χ0) is 19.5. The van der Waals surface area contributed by atoms with Gasteiger partial charge in [0.25, 0.3) is 0 Å². The normalized spacial score (nSPS) is 16.2. The van der Waals surface area contributed by atoms with Crippen LogP contribution in [0.1, 0.15) is 42.4 Å². The number of fused-ring (bicyclic) bond motifs is 1. The third-order valence-electron chi connectivity index (χ3n) is 5.42. The summed E-state index contributed by atoms with van der Waals surface area (Å²) in [5.41, 5.74) is 3.75. The molecule has 2 heterocycles. The molecule has 2 aliphatic rings. The Morgan fingerprint density at radius 2 is 1.86 bits per heavy atom. The number of ether oxygens (including phenoxy) is 1. The van der Waals surface area contributed by atoms with E-state index in [1.54, 1.807) is 6.07 Å². The SMILES string of the molecule is O=C(CCc1ccc2c(c1)OCC=C2c1ccc(F)cc1Cl)N1CCCCC1. The van der Waals surface area contributed by atoms with E-state index in [1.807, 2.05) is 29.2 Å². The standard InChI is InChI=1S/C23H23ClFNO2/c24-21-15-17(25)6-8-19(21)18-10-13-28-22-14-16(4-7-20(18)22)5-9-23(27)26-11-2-1-3-12-26/h4,6-8,10,14-15H,1-3,5,9,11-13H2. The number of hydrogen-bond donors (Lipinski definition) is 0. The van der Waals surface area contributed by atoms with Gasteiger partial charge in [-0.05, 0) is 67.2 Å². The van der Waals surface area contributed by atoms with Crippen LogP contribution in [-0.4, -0.2) is 30.5 Å². The van der Waals surface area contributed by atoms with Gasteiger partial charge in [0.1, 0.15) is 18.2 Å². The molecule has 2 aliphatic heterocycles. The number of carbonyl (C=O) groups is 1. The van der Waals surface area contributed by atoms with Gasteiger partial charge in [0.2, 0.25) is 5.91 Å². The Hall–Kier alpha value is -2.33. The lowest BCUT2D eigenvalue weighted by Gasteiger charge is -2.26. The Balaban J connectivity index is 1.49. The van der Waals surface area contributed by atoms with E-state index in [9.17, 15) is 9.18 Å². The smallest absolute Gasteiger partial charge is 0.222 e. The number of amides is 1. The van der Waals surface area contributed by atoms with Crippen LogP contribution in [0.2, 0.25) is 5.02 Å². The van der Waals surface area contributed by atoms with Crippen LogP contribution in [0.5, 0.6) is 5.75 Å². The number of hydrogen-bond acceptors (Lipinski definition) is 2. The van der Waals surface area contributed by atoms with Gasteiger partial charge in [-0.2, -0.15) is 0 Å². The van der Waals surface area contributed by atoms with E-state index in [4.69, 9.17) is 16.3 Å². The highest BCUT2D eigenvalue weighted by Crippen LogP contribution is 2.38. The molecular weight excluding hydrogens is 377 g/mol. The van der Waals surface area contributed by atoms with E-state index < -0.39 is 0 Å². The van der Waals surface area contributed by atoms with Crippen LogP contribution >= 0.6 is 11.6 Å². The molecule has 2 aromatic rings. The molecule has 0 N–H and O–H groups in total. The van der Waals surface area contributed by atoms with Crippen molar-refractivity contribution >= 4 is 23.1 Å². The van der Waals surface area contributed by atoms with Crippen LogP contribution in [0, 0.1) is 5.82 Å². The molecule has 0 aliphatic carbocycles. The van der Waals surface area contributed by atoms with E-state index >= 15 is 0 Å². The molecule has 3 nitrogen and oxygen atoms in total. The predicted octanol–water partition coefficient (Wildman–Crippen LogP) is 5.25. The zero-order valence-electron chi connectivity index (χ0n) is 15.7. The molecule has 0 spiro atoms. The average molecular weight is 400 g/mol. The number of likely N-dealkylation sites (tertiary alicyclic amines) is 1. The molecule has 0 radical (unpaired) electrons. The Morgan fingerprint density at radius 3 is 2.64 bits per heavy atom. The second-order valence-corrected chi connectivity index (χ2v) is 7.73. The fraction of sp³-hybridized carbons (Fsp3) is 0.348. The third kappa shape index (κ3) is 4.07. The minimum Gasteiger partial charge on any atom is -0.489 e. The predicted molar refractivity (Wildman–Crippen MR) is 109 cm³/mol. The van der Waals surface area contributed by atoms with Crippen molar-refractivity contribution in [3.8, 4) is 5.75 Å². The van der Waals surface area contributed by atoms with Gasteiger partial charge in [-0.15, -0.1) is 0 Å². The van der Waals surface area contributed by atoms with Crippen LogP contribution in [-0.2, 0) is 11.2 Å². The first-order chi connectivity index (χ1) is 13.6. The highest BCUT2D eigenvalue weighted by molar-refractivity contribution is 6.32. The quantitative estimate of drug-likeness (QED) is 0.702. The summed E-state index contributed by atoms with van der Waals surface area (Å²) in [6.45, 7) is 2.21. The summed E-state index contributed by atoms with van der Waals surface area (Å²) in [4.78, 5) is 14.4. The van der Waals surface area contributed by atoms with E-state index in [2.05, 4.69) is 0 Å². The first-order valence-electron chi connectivity index (χ1n) is 9.81. The summed E-state index contributed by atoms with van der Waals surface area (Å²) in [6.07, 6.45) is 6.62. The molecule has 1 amide bonds. The molecule has 5 heteroatoms. The molecule has 2 aromatic carbocycles. The summed E-state index contributed by atoms with van der Waals surface area (Å²) >= 11 is 6.26. The van der Waals surface area contributed by atoms with Gasteiger partial charge in [0.05, 0.1) is 5.02 Å². The molecule has 0 atom stereocenters. The largest absolute Gasteiger partial charge is 0.489 e. The summed E-state index contributed by atoms with van der Waals surface area (Å²) in [5, 5.41) is 0.385. The van der Waals surface area contributed by atoms with Crippen molar-refractivity contribution in [1.82, 2.24) is 4.90 Å². The monoisotopic (exact) mass is 399 g/mol.